The predicted octanol–water partition coefficient (Wildman–Crippen LogP) is 4.77. The first-order valence-corrected chi connectivity index (χ1v) is 10.8. The van der Waals surface area contributed by atoms with E-state index in [0.29, 0.717) is 23.9 Å². The smallest absolute Gasteiger partial charge is 0.230 e. The Labute approximate surface area is 175 Å². The third-order valence-corrected chi connectivity index (χ3v) is 5.57. The molecule has 3 rings (SSSR count). The molecular formula is C23H26N2O3S. The molecular weight excluding hydrogens is 384 g/mol. The summed E-state index contributed by atoms with van der Waals surface area (Å²) in [5.74, 6) is 3.25. The van der Waals surface area contributed by atoms with Crippen LogP contribution in [-0.2, 0) is 23.5 Å². The Bertz CT molecular complexity index is 934. The SMILES string of the molecule is CCc1ccc(-c2nc(CSCC(=O)NCc3ccc(OC)cc3)c(C)o2)cc1. The summed E-state index contributed by atoms with van der Waals surface area (Å²) < 4.78 is 11.0. The van der Waals surface area contributed by atoms with Crippen LogP contribution in [0.15, 0.2) is 52.9 Å². The van der Waals surface area contributed by atoms with Gasteiger partial charge >= 0.3 is 0 Å². The summed E-state index contributed by atoms with van der Waals surface area (Å²) in [6.07, 6.45) is 1.01. The second kappa shape index (κ2) is 10.2. The Morgan fingerprint density at radius 2 is 1.79 bits per heavy atom. The van der Waals surface area contributed by atoms with Crippen LogP contribution in [0, 0.1) is 6.92 Å². The largest absolute Gasteiger partial charge is 0.497 e. The van der Waals surface area contributed by atoms with Crippen LogP contribution >= 0.6 is 11.8 Å². The van der Waals surface area contributed by atoms with Gasteiger partial charge in [0.25, 0.3) is 0 Å². The molecule has 0 radical (unpaired) electrons. The average Bonchev–Trinajstić information content (AvgIpc) is 3.13. The lowest BCUT2D eigenvalue weighted by molar-refractivity contribution is -0.118. The topological polar surface area (TPSA) is 64.4 Å². The van der Waals surface area contributed by atoms with E-state index in [1.807, 2.05) is 43.3 Å². The highest BCUT2D eigenvalue weighted by molar-refractivity contribution is 7.99. The second-order valence-corrected chi connectivity index (χ2v) is 7.68. The zero-order valence-corrected chi connectivity index (χ0v) is 17.8. The van der Waals surface area contributed by atoms with Crippen molar-refractivity contribution in [3.63, 3.8) is 0 Å². The van der Waals surface area contributed by atoms with Crippen LogP contribution in [0.25, 0.3) is 11.5 Å². The molecule has 3 aromatic rings. The molecule has 0 atom stereocenters. The lowest BCUT2D eigenvalue weighted by Gasteiger charge is -2.06. The predicted molar refractivity (Wildman–Crippen MR) is 117 cm³/mol. The number of aryl methyl sites for hydroxylation is 2. The Kier molecular flexibility index (Phi) is 7.36. The number of aromatic nitrogens is 1. The number of amides is 1. The molecule has 5 nitrogen and oxygen atoms in total. The van der Waals surface area contributed by atoms with Crippen molar-refractivity contribution in [2.45, 2.75) is 32.6 Å². The van der Waals surface area contributed by atoms with E-state index in [0.717, 1.165) is 34.8 Å². The van der Waals surface area contributed by atoms with Crippen molar-refractivity contribution in [1.82, 2.24) is 10.3 Å². The van der Waals surface area contributed by atoms with E-state index in [2.05, 4.69) is 29.4 Å². The molecule has 0 unspecified atom stereocenters. The van der Waals surface area contributed by atoms with E-state index in [1.165, 1.54) is 17.3 Å². The standard InChI is InChI=1S/C23H26N2O3S/c1-4-17-5-9-19(10-6-17)23-25-21(16(2)28-23)14-29-15-22(26)24-13-18-7-11-20(27-3)12-8-18/h5-12H,4,13-15H2,1-3H3,(H,24,26). The molecule has 152 valence electrons. The molecule has 0 aliphatic rings. The number of rotatable bonds is 9. The molecule has 0 spiro atoms. The van der Waals surface area contributed by atoms with Gasteiger partial charge in [-0.25, -0.2) is 4.98 Å². The molecule has 29 heavy (non-hydrogen) atoms. The van der Waals surface area contributed by atoms with Gasteiger partial charge in [-0.3, -0.25) is 4.79 Å². The quantitative estimate of drug-likeness (QED) is 0.550. The summed E-state index contributed by atoms with van der Waals surface area (Å²) in [5.41, 5.74) is 4.18. The molecule has 1 heterocycles. The number of carbonyl (C=O) groups is 1. The van der Waals surface area contributed by atoms with Crippen LogP contribution in [0.3, 0.4) is 0 Å². The van der Waals surface area contributed by atoms with Gasteiger partial charge < -0.3 is 14.5 Å². The van der Waals surface area contributed by atoms with E-state index < -0.39 is 0 Å². The molecule has 1 amide bonds. The highest BCUT2D eigenvalue weighted by Crippen LogP contribution is 2.24. The van der Waals surface area contributed by atoms with Crippen LogP contribution < -0.4 is 10.1 Å². The van der Waals surface area contributed by atoms with Crippen molar-refractivity contribution < 1.29 is 13.9 Å². The van der Waals surface area contributed by atoms with Gasteiger partial charge in [0.05, 0.1) is 18.6 Å². The van der Waals surface area contributed by atoms with Crippen LogP contribution in [0.5, 0.6) is 5.75 Å². The van der Waals surface area contributed by atoms with Gasteiger partial charge in [-0.1, -0.05) is 31.2 Å². The highest BCUT2D eigenvalue weighted by Gasteiger charge is 2.12. The summed E-state index contributed by atoms with van der Waals surface area (Å²) in [6.45, 7) is 4.55. The summed E-state index contributed by atoms with van der Waals surface area (Å²) >= 11 is 1.53. The van der Waals surface area contributed by atoms with Crippen molar-refractivity contribution in [1.29, 1.82) is 0 Å². The first kappa shape index (κ1) is 21.0. The van der Waals surface area contributed by atoms with E-state index in [-0.39, 0.29) is 5.91 Å². The molecule has 1 aromatic heterocycles. The molecule has 1 N–H and O–H groups in total. The summed E-state index contributed by atoms with van der Waals surface area (Å²) in [6, 6.07) is 15.9. The molecule has 0 saturated heterocycles. The van der Waals surface area contributed by atoms with Crippen LogP contribution in [0.4, 0.5) is 0 Å². The maximum atomic E-state index is 12.1. The zero-order chi connectivity index (χ0) is 20.6. The van der Waals surface area contributed by atoms with Crippen LogP contribution in [0.1, 0.15) is 29.5 Å². The van der Waals surface area contributed by atoms with Gasteiger partial charge in [0, 0.05) is 17.9 Å². The van der Waals surface area contributed by atoms with Crippen molar-refractivity contribution >= 4 is 17.7 Å². The minimum Gasteiger partial charge on any atom is -0.497 e. The molecule has 0 bridgehead atoms. The van der Waals surface area contributed by atoms with Crippen molar-refractivity contribution in [2.75, 3.05) is 12.9 Å². The fourth-order valence-corrected chi connectivity index (χ4v) is 3.65. The van der Waals surface area contributed by atoms with E-state index in [1.54, 1.807) is 7.11 Å². The van der Waals surface area contributed by atoms with Crippen molar-refractivity contribution in [2.24, 2.45) is 0 Å². The number of nitrogens with one attached hydrogen (secondary N) is 1. The number of ether oxygens (including phenoxy) is 1. The highest BCUT2D eigenvalue weighted by atomic mass is 32.2. The Balaban J connectivity index is 1.47. The number of methoxy groups -OCH3 is 1. The second-order valence-electron chi connectivity index (χ2n) is 6.69. The third-order valence-electron chi connectivity index (χ3n) is 4.62. The van der Waals surface area contributed by atoms with Crippen LogP contribution in [0.2, 0.25) is 0 Å². The van der Waals surface area contributed by atoms with Gasteiger partial charge in [-0.2, -0.15) is 0 Å². The van der Waals surface area contributed by atoms with E-state index in [9.17, 15) is 4.79 Å². The summed E-state index contributed by atoms with van der Waals surface area (Å²) in [7, 11) is 1.63. The van der Waals surface area contributed by atoms with Gasteiger partial charge in [0.2, 0.25) is 11.8 Å². The summed E-state index contributed by atoms with van der Waals surface area (Å²) in [5, 5.41) is 2.93. The number of oxazole rings is 1. The fourth-order valence-electron chi connectivity index (χ4n) is 2.80. The molecule has 0 saturated carbocycles. The number of hydrogen-bond acceptors (Lipinski definition) is 5. The maximum absolute atomic E-state index is 12.1. The van der Waals surface area contributed by atoms with Gasteiger partial charge in [-0.05, 0) is 48.7 Å². The van der Waals surface area contributed by atoms with Crippen molar-refractivity contribution in [3.05, 3.63) is 71.1 Å². The number of carbonyl (C=O) groups excluding carboxylic acids is 1. The molecule has 0 fully saturated rings. The Morgan fingerprint density at radius 3 is 2.45 bits per heavy atom. The first-order chi connectivity index (χ1) is 14.1. The monoisotopic (exact) mass is 410 g/mol. The average molecular weight is 411 g/mol. The van der Waals surface area contributed by atoms with Crippen LogP contribution in [-0.4, -0.2) is 23.8 Å². The zero-order valence-electron chi connectivity index (χ0n) is 17.0. The van der Waals surface area contributed by atoms with Crippen molar-refractivity contribution in [3.8, 4) is 17.2 Å². The molecule has 2 aromatic carbocycles. The van der Waals surface area contributed by atoms with E-state index >= 15 is 0 Å². The van der Waals surface area contributed by atoms with Gasteiger partial charge in [0.1, 0.15) is 11.5 Å². The van der Waals surface area contributed by atoms with Gasteiger partial charge in [0.15, 0.2) is 0 Å². The number of hydrogen-bond donors (Lipinski definition) is 1. The number of thioether (sulfide) groups is 1. The molecule has 6 heteroatoms. The van der Waals surface area contributed by atoms with Gasteiger partial charge in [-0.15, -0.1) is 11.8 Å². The first-order valence-electron chi connectivity index (χ1n) is 9.62. The number of nitrogens with zero attached hydrogens (tertiary/aromatic N) is 1. The normalized spacial score (nSPS) is 10.7. The lowest BCUT2D eigenvalue weighted by atomic mass is 10.1. The Hall–Kier alpha value is -2.73. The number of benzene rings is 2. The van der Waals surface area contributed by atoms with E-state index in [4.69, 9.17) is 9.15 Å². The Morgan fingerprint density at radius 1 is 1.10 bits per heavy atom. The summed E-state index contributed by atoms with van der Waals surface area (Å²) in [4.78, 5) is 16.7. The lowest BCUT2D eigenvalue weighted by Crippen LogP contribution is -2.24. The maximum Gasteiger partial charge on any atom is 0.230 e. The minimum absolute atomic E-state index is 0.00217. The molecule has 0 aliphatic carbocycles. The third kappa shape index (κ3) is 5.87. The molecule has 0 aliphatic heterocycles. The minimum atomic E-state index is 0.00217. The fraction of sp³-hybridized carbons (Fsp3) is 0.304.